The zero-order chi connectivity index (χ0) is 20.9. The Morgan fingerprint density at radius 3 is 2.57 bits per heavy atom. The van der Waals surface area contributed by atoms with Gasteiger partial charge in [-0.15, -0.1) is 0 Å². The fourth-order valence-electron chi connectivity index (χ4n) is 4.01. The van der Waals surface area contributed by atoms with Crippen LogP contribution in [0.4, 0.5) is 0 Å². The first-order valence-corrected chi connectivity index (χ1v) is 10.00. The number of hydrogen-bond donors (Lipinski definition) is 2. The van der Waals surface area contributed by atoms with E-state index in [0.717, 1.165) is 29.2 Å². The largest absolute Gasteiger partial charge is 0.346 e. The first-order chi connectivity index (χ1) is 13.9. The SMILES string of the molecule is CC.[2H]n1ccc2c(=O)[nH]c(C3CCC3c3cn4cc(C)c(C)c(C)c4n3)nc21. The zero-order valence-corrected chi connectivity index (χ0v) is 17.1. The third-order valence-electron chi connectivity index (χ3n) is 5.97. The highest BCUT2D eigenvalue weighted by Gasteiger charge is 2.37. The highest BCUT2D eigenvalue weighted by atomic mass is 16.1. The molecule has 2 atom stereocenters. The third kappa shape index (κ3) is 2.75. The fraction of sp³-hybridized carbons (Fsp3) is 0.409. The molecule has 28 heavy (non-hydrogen) atoms. The van der Waals surface area contributed by atoms with E-state index < -0.39 is 0 Å². The zero-order valence-electron chi connectivity index (χ0n) is 18.1. The van der Waals surface area contributed by atoms with Crippen LogP contribution in [0.15, 0.2) is 29.5 Å². The number of nitrogens with zero attached hydrogens (tertiary/aromatic N) is 3. The van der Waals surface area contributed by atoms with Crippen LogP contribution in [-0.2, 0) is 0 Å². The number of imidazole rings is 1. The Kier molecular flexibility index (Phi) is 4.26. The quantitative estimate of drug-likeness (QED) is 0.538. The Morgan fingerprint density at radius 2 is 1.86 bits per heavy atom. The van der Waals surface area contributed by atoms with Gasteiger partial charge in [-0.1, -0.05) is 13.8 Å². The van der Waals surface area contributed by atoms with Gasteiger partial charge in [0.1, 0.15) is 17.1 Å². The summed E-state index contributed by atoms with van der Waals surface area (Å²) in [5.74, 6) is 1.03. The molecule has 0 saturated heterocycles. The molecule has 0 amide bonds. The molecule has 0 aliphatic heterocycles. The van der Waals surface area contributed by atoms with Crippen molar-refractivity contribution in [2.24, 2.45) is 0 Å². The summed E-state index contributed by atoms with van der Waals surface area (Å²) in [7, 11) is 0. The van der Waals surface area contributed by atoms with E-state index in [0.29, 0.717) is 16.9 Å². The van der Waals surface area contributed by atoms with E-state index >= 15 is 0 Å². The fourth-order valence-corrected chi connectivity index (χ4v) is 4.01. The summed E-state index contributed by atoms with van der Waals surface area (Å²) in [6, 6.07) is 1.63. The standard InChI is InChI=1S/C20H21N5O.C2H6/c1-10-8-25-9-16(22-19(25)12(3)11(10)2)13-4-5-14(13)18-23-17-15(6-7-21-17)20(26)24-18;1-2/h6-9,13-14H,4-5H2,1-3H3,(H2,21,23,24,26);1-2H3/i/hD. The van der Waals surface area contributed by atoms with Crippen molar-refractivity contribution < 1.29 is 1.41 Å². The number of aromatic nitrogens is 5. The van der Waals surface area contributed by atoms with Gasteiger partial charge in [-0.25, -0.2) is 9.97 Å². The topological polar surface area (TPSA) is 78.8 Å². The number of hydrogen-bond acceptors (Lipinski definition) is 3. The highest BCUT2D eigenvalue weighted by molar-refractivity contribution is 5.73. The summed E-state index contributed by atoms with van der Waals surface area (Å²) in [5.41, 5.74) is 6.01. The molecule has 1 aliphatic carbocycles. The minimum atomic E-state index is -0.177. The van der Waals surface area contributed by atoms with E-state index in [1.54, 1.807) is 12.3 Å². The lowest BCUT2D eigenvalue weighted by Crippen LogP contribution is -2.26. The van der Waals surface area contributed by atoms with Gasteiger partial charge in [-0.05, 0) is 56.4 Å². The van der Waals surface area contributed by atoms with Crippen LogP contribution in [0.25, 0.3) is 16.7 Å². The maximum absolute atomic E-state index is 12.3. The number of pyridine rings is 1. The van der Waals surface area contributed by atoms with Crippen molar-refractivity contribution >= 4 is 16.7 Å². The second kappa shape index (κ2) is 6.93. The highest BCUT2D eigenvalue weighted by Crippen LogP contribution is 2.47. The summed E-state index contributed by atoms with van der Waals surface area (Å²) < 4.78 is 10.00. The number of fused-ring (bicyclic) bond motifs is 2. The van der Waals surface area contributed by atoms with Crippen molar-refractivity contribution in [3.05, 3.63) is 63.2 Å². The van der Waals surface area contributed by atoms with Crippen LogP contribution in [0, 0.1) is 20.8 Å². The van der Waals surface area contributed by atoms with Crippen LogP contribution < -0.4 is 5.56 Å². The van der Waals surface area contributed by atoms with Crippen LogP contribution in [0.5, 0.6) is 0 Å². The Balaban J connectivity index is 0.000000994. The summed E-state index contributed by atoms with van der Waals surface area (Å²) in [6.45, 7) is 10.4. The van der Waals surface area contributed by atoms with Crippen molar-refractivity contribution in [1.82, 2.24) is 24.3 Å². The molecular formula is C22H27N5O. The second-order valence-corrected chi connectivity index (χ2v) is 7.38. The van der Waals surface area contributed by atoms with Gasteiger partial charge in [0.05, 0.1) is 11.1 Å². The summed E-state index contributed by atoms with van der Waals surface area (Å²) in [5, 5.41) is 0.457. The molecule has 2 unspecified atom stereocenters. The van der Waals surface area contributed by atoms with E-state index in [1.807, 2.05) is 13.8 Å². The first kappa shape index (κ1) is 17.2. The van der Waals surface area contributed by atoms with Gasteiger partial charge >= 0.3 is 0 Å². The molecule has 1 saturated carbocycles. The smallest absolute Gasteiger partial charge is 0.260 e. The molecule has 0 radical (unpaired) electrons. The molecule has 0 aromatic carbocycles. The number of aromatic amines is 2. The van der Waals surface area contributed by atoms with Crippen molar-refractivity contribution in [3.63, 3.8) is 0 Å². The maximum Gasteiger partial charge on any atom is 0.260 e. The molecule has 1 aliphatic rings. The van der Waals surface area contributed by atoms with Gasteiger partial charge < -0.3 is 14.4 Å². The lowest BCUT2D eigenvalue weighted by atomic mass is 9.71. The van der Waals surface area contributed by atoms with Gasteiger partial charge in [0.2, 0.25) is 0 Å². The summed E-state index contributed by atoms with van der Waals surface area (Å²) in [6.07, 6.45) is 7.76. The lowest BCUT2D eigenvalue weighted by molar-refractivity contribution is 0.327. The van der Waals surface area contributed by atoms with Crippen molar-refractivity contribution in [3.8, 4) is 0 Å². The molecule has 4 aromatic heterocycles. The minimum absolute atomic E-state index is 0.129. The number of aryl methyl sites for hydroxylation is 2. The van der Waals surface area contributed by atoms with E-state index in [1.165, 1.54) is 16.7 Å². The predicted octanol–water partition coefficient (Wildman–Crippen LogP) is 4.51. The molecule has 6 nitrogen and oxygen atoms in total. The van der Waals surface area contributed by atoms with Gasteiger partial charge in [-0.3, -0.25) is 4.79 Å². The van der Waals surface area contributed by atoms with E-state index in [4.69, 9.17) is 6.40 Å². The van der Waals surface area contributed by atoms with Gasteiger partial charge in [0, 0.05) is 30.4 Å². The number of rotatable bonds is 2. The van der Waals surface area contributed by atoms with Crippen molar-refractivity contribution in [1.29, 1.82) is 0 Å². The molecule has 146 valence electrons. The van der Waals surface area contributed by atoms with E-state index in [2.05, 4.69) is 47.5 Å². The summed E-state index contributed by atoms with van der Waals surface area (Å²) >= 11 is 0. The van der Waals surface area contributed by atoms with Gasteiger partial charge in [0.15, 0.2) is 1.41 Å². The monoisotopic (exact) mass is 378 g/mol. The Morgan fingerprint density at radius 1 is 1.11 bits per heavy atom. The summed E-state index contributed by atoms with van der Waals surface area (Å²) in [4.78, 5) is 25.9. The van der Waals surface area contributed by atoms with Gasteiger partial charge in [0.25, 0.3) is 5.56 Å². The van der Waals surface area contributed by atoms with Crippen LogP contribution in [0.2, 0.25) is 1.41 Å². The maximum atomic E-state index is 12.3. The number of nitrogens with one attached hydrogen (secondary N) is 2. The molecule has 1 fully saturated rings. The molecule has 4 heterocycles. The van der Waals surface area contributed by atoms with Gasteiger partial charge in [-0.2, -0.15) is 0 Å². The second-order valence-electron chi connectivity index (χ2n) is 7.38. The van der Waals surface area contributed by atoms with Crippen LogP contribution >= 0.6 is 0 Å². The average molecular weight is 378 g/mol. The minimum Gasteiger partial charge on any atom is -0.346 e. The Bertz CT molecular complexity index is 1270. The molecule has 5 rings (SSSR count). The molecule has 2 N–H and O–H groups in total. The lowest BCUT2D eigenvalue weighted by Gasteiger charge is -2.34. The third-order valence-corrected chi connectivity index (χ3v) is 5.97. The Labute approximate surface area is 165 Å². The Hall–Kier alpha value is -2.89. The van der Waals surface area contributed by atoms with E-state index in [-0.39, 0.29) is 17.4 Å². The van der Waals surface area contributed by atoms with Crippen LogP contribution in [0.1, 0.15) is 66.7 Å². The van der Waals surface area contributed by atoms with Crippen molar-refractivity contribution in [2.75, 3.05) is 0 Å². The molecule has 4 aromatic rings. The average Bonchev–Trinajstić information content (AvgIpc) is 3.25. The van der Waals surface area contributed by atoms with Crippen molar-refractivity contribution in [2.45, 2.75) is 59.3 Å². The van der Waals surface area contributed by atoms with Crippen LogP contribution in [-0.4, -0.2) is 24.3 Å². The van der Waals surface area contributed by atoms with Crippen LogP contribution in [0.3, 0.4) is 0 Å². The molecule has 6 heteroatoms. The normalized spacial score (nSPS) is 19.2. The molecule has 0 bridgehead atoms. The number of H-pyrrole nitrogens is 2. The first-order valence-electron chi connectivity index (χ1n) is 10.4. The predicted molar refractivity (Wildman–Crippen MR) is 112 cm³/mol. The van der Waals surface area contributed by atoms with E-state index in [9.17, 15) is 4.79 Å². The molecule has 0 spiro atoms. The molecular weight excluding hydrogens is 350 g/mol.